The predicted molar refractivity (Wildman–Crippen MR) is 85.2 cm³/mol. The molecule has 0 spiro atoms. The van der Waals surface area contributed by atoms with Crippen molar-refractivity contribution in [2.45, 2.75) is 32.6 Å². The van der Waals surface area contributed by atoms with Crippen molar-refractivity contribution in [1.29, 1.82) is 0 Å². The van der Waals surface area contributed by atoms with Crippen LogP contribution < -0.4 is 10.6 Å². The van der Waals surface area contributed by atoms with Crippen molar-refractivity contribution in [3.63, 3.8) is 0 Å². The van der Waals surface area contributed by atoms with Gasteiger partial charge in [-0.1, -0.05) is 26.5 Å². The SMILES string of the molecule is C=CNc1cnc2ccc(C3CCNCC3)cn12.CC. The normalized spacial score (nSPS) is 15.5. The zero-order valence-electron chi connectivity index (χ0n) is 12.4. The smallest absolute Gasteiger partial charge is 0.138 e. The molecule has 0 saturated carbocycles. The standard InChI is InChI=1S/C14H18N4.C2H6/c1-2-16-14-9-17-13-4-3-12(10-18(13)14)11-5-7-15-8-6-11;1-2/h2-4,9-11,15-16H,1,5-8H2;1-2H3. The van der Waals surface area contributed by atoms with E-state index < -0.39 is 0 Å². The maximum absolute atomic E-state index is 4.36. The Morgan fingerprint density at radius 2 is 2.10 bits per heavy atom. The van der Waals surface area contributed by atoms with E-state index in [4.69, 9.17) is 0 Å². The topological polar surface area (TPSA) is 41.4 Å². The van der Waals surface area contributed by atoms with E-state index in [2.05, 4.69) is 44.9 Å². The zero-order valence-corrected chi connectivity index (χ0v) is 12.4. The first-order chi connectivity index (χ1) is 9.88. The van der Waals surface area contributed by atoms with Gasteiger partial charge in [0.05, 0.1) is 6.20 Å². The molecule has 3 heterocycles. The largest absolute Gasteiger partial charge is 0.347 e. The number of aromatic nitrogens is 2. The average molecular weight is 272 g/mol. The minimum Gasteiger partial charge on any atom is -0.347 e. The molecule has 2 N–H and O–H groups in total. The van der Waals surface area contributed by atoms with Crippen LogP contribution in [0.3, 0.4) is 0 Å². The molecule has 4 heteroatoms. The summed E-state index contributed by atoms with van der Waals surface area (Å²) in [6, 6.07) is 4.29. The third kappa shape index (κ3) is 3.02. The van der Waals surface area contributed by atoms with Gasteiger partial charge in [-0.05, 0) is 49.7 Å². The molecule has 0 aromatic carbocycles. The molecule has 2 aromatic rings. The molecule has 0 radical (unpaired) electrons. The Morgan fingerprint density at radius 1 is 1.35 bits per heavy atom. The van der Waals surface area contributed by atoms with E-state index >= 15 is 0 Å². The van der Waals surface area contributed by atoms with Crippen molar-refractivity contribution in [2.24, 2.45) is 0 Å². The second-order valence-electron chi connectivity index (χ2n) is 4.71. The molecule has 1 saturated heterocycles. The summed E-state index contributed by atoms with van der Waals surface area (Å²) in [7, 11) is 0. The first-order valence-corrected chi connectivity index (χ1v) is 7.43. The fraction of sp³-hybridized carbons (Fsp3) is 0.438. The molecule has 0 unspecified atom stereocenters. The second-order valence-corrected chi connectivity index (χ2v) is 4.71. The van der Waals surface area contributed by atoms with Gasteiger partial charge in [-0.15, -0.1) is 0 Å². The lowest BCUT2D eigenvalue weighted by Gasteiger charge is -2.23. The maximum atomic E-state index is 4.36. The number of imidazole rings is 1. The molecule has 1 aliphatic heterocycles. The summed E-state index contributed by atoms with van der Waals surface area (Å²) in [5.41, 5.74) is 2.37. The highest BCUT2D eigenvalue weighted by atomic mass is 15.1. The molecule has 1 fully saturated rings. The van der Waals surface area contributed by atoms with Crippen molar-refractivity contribution in [3.05, 3.63) is 42.9 Å². The van der Waals surface area contributed by atoms with Crippen molar-refractivity contribution >= 4 is 11.5 Å². The molecule has 4 nitrogen and oxygen atoms in total. The van der Waals surface area contributed by atoms with Gasteiger partial charge in [-0.2, -0.15) is 0 Å². The molecule has 0 bridgehead atoms. The summed E-state index contributed by atoms with van der Waals surface area (Å²) >= 11 is 0. The molecular formula is C16H24N4. The Morgan fingerprint density at radius 3 is 2.80 bits per heavy atom. The van der Waals surface area contributed by atoms with Gasteiger partial charge in [-0.25, -0.2) is 4.98 Å². The van der Waals surface area contributed by atoms with Crippen molar-refractivity contribution in [2.75, 3.05) is 18.4 Å². The van der Waals surface area contributed by atoms with Crippen LogP contribution in [0.25, 0.3) is 5.65 Å². The van der Waals surface area contributed by atoms with Crippen LogP contribution in [-0.4, -0.2) is 22.5 Å². The average Bonchev–Trinajstić information content (AvgIpc) is 2.93. The Bertz CT molecular complexity index is 553. The number of anilines is 1. The third-order valence-corrected chi connectivity index (χ3v) is 3.59. The summed E-state index contributed by atoms with van der Waals surface area (Å²) < 4.78 is 2.10. The zero-order chi connectivity index (χ0) is 14.4. The van der Waals surface area contributed by atoms with Gasteiger partial charge < -0.3 is 10.6 Å². The summed E-state index contributed by atoms with van der Waals surface area (Å²) in [5.74, 6) is 1.63. The monoisotopic (exact) mass is 272 g/mol. The van der Waals surface area contributed by atoms with E-state index in [-0.39, 0.29) is 0 Å². The number of fused-ring (bicyclic) bond motifs is 1. The number of hydrogen-bond acceptors (Lipinski definition) is 3. The molecule has 20 heavy (non-hydrogen) atoms. The van der Waals surface area contributed by atoms with Crippen LogP contribution >= 0.6 is 0 Å². The van der Waals surface area contributed by atoms with Gasteiger partial charge in [0.1, 0.15) is 11.5 Å². The maximum Gasteiger partial charge on any atom is 0.138 e. The Kier molecular flexibility index (Phi) is 5.18. The Labute approximate surface area is 120 Å². The molecule has 108 valence electrons. The van der Waals surface area contributed by atoms with Crippen molar-refractivity contribution in [1.82, 2.24) is 14.7 Å². The predicted octanol–water partition coefficient (Wildman–Crippen LogP) is 3.38. The first-order valence-electron chi connectivity index (χ1n) is 7.43. The highest BCUT2D eigenvalue weighted by molar-refractivity contribution is 5.52. The van der Waals surface area contributed by atoms with E-state index in [1.165, 1.54) is 18.4 Å². The summed E-state index contributed by atoms with van der Waals surface area (Å²) in [4.78, 5) is 4.36. The highest BCUT2D eigenvalue weighted by Crippen LogP contribution is 2.26. The Balaban J connectivity index is 0.000000704. The molecule has 0 atom stereocenters. The number of hydrogen-bond donors (Lipinski definition) is 2. The van der Waals surface area contributed by atoms with Crippen LogP contribution in [-0.2, 0) is 0 Å². The van der Waals surface area contributed by atoms with Crippen molar-refractivity contribution in [3.8, 4) is 0 Å². The van der Waals surface area contributed by atoms with Crippen LogP contribution in [0.1, 0.15) is 38.2 Å². The summed E-state index contributed by atoms with van der Waals surface area (Å²) in [5, 5.41) is 6.52. The quantitative estimate of drug-likeness (QED) is 0.900. The van der Waals surface area contributed by atoms with Crippen LogP contribution in [0.5, 0.6) is 0 Å². The lowest BCUT2D eigenvalue weighted by Crippen LogP contribution is -2.26. The van der Waals surface area contributed by atoms with Gasteiger partial charge in [0, 0.05) is 6.20 Å². The van der Waals surface area contributed by atoms with Gasteiger partial charge >= 0.3 is 0 Å². The molecule has 1 aliphatic rings. The van der Waals surface area contributed by atoms with E-state index in [1.54, 1.807) is 6.20 Å². The Hall–Kier alpha value is -1.81. The van der Waals surface area contributed by atoms with E-state index in [1.807, 2.05) is 20.0 Å². The fourth-order valence-electron chi connectivity index (χ4n) is 2.61. The number of rotatable bonds is 3. The van der Waals surface area contributed by atoms with E-state index in [9.17, 15) is 0 Å². The van der Waals surface area contributed by atoms with Gasteiger partial charge in [0.25, 0.3) is 0 Å². The molecule has 3 rings (SSSR count). The molecule has 0 amide bonds. The van der Waals surface area contributed by atoms with E-state index in [0.717, 1.165) is 24.6 Å². The van der Waals surface area contributed by atoms with Crippen LogP contribution in [0.4, 0.5) is 5.82 Å². The lowest BCUT2D eigenvalue weighted by molar-refractivity contribution is 0.459. The third-order valence-electron chi connectivity index (χ3n) is 3.59. The summed E-state index contributed by atoms with van der Waals surface area (Å²) in [6.07, 6.45) is 8.14. The second kappa shape index (κ2) is 7.10. The van der Waals surface area contributed by atoms with Crippen LogP contribution in [0.2, 0.25) is 0 Å². The highest BCUT2D eigenvalue weighted by Gasteiger charge is 2.16. The minimum absolute atomic E-state index is 0.662. The van der Waals surface area contributed by atoms with E-state index in [0.29, 0.717) is 5.92 Å². The first kappa shape index (κ1) is 14.6. The van der Waals surface area contributed by atoms with Gasteiger partial charge in [0.15, 0.2) is 0 Å². The van der Waals surface area contributed by atoms with Crippen LogP contribution in [0.15, 0.2) is 37.3 Å². The number of nitrogens with zero attached hydrogens (tertiary/aromatic N) is 2. The molecule has 2 aromatic heterocycles. The van der Waals surface area contributed by atoms with Gasteiger partial charge in [-0.3, -0.25) is 4.40 Å². The number of pyridine rings is 1. The number of nitrogens with one attached hydrogen (secondary N) is 2. The van der Waals surface area contributed by atoms with Crippen molar-refractivity contribution < 1.29 is 0 Å². The molecule has 0 aliphatic carbocycles. The number of piperidine rings is 1. The summed E-state index contributed by atoms with van der Waals surface area (Å²) in [6.45, 7) is 9.93. The van der Waals surface area contributed by atoms with Gasteiger partial charge in [0.2, 0.25) is 0 Å². The van der Waals surface area contributed by atoms with Crippen LogP contribution in [0, 0.1) is 0 Å². The lowest BCUT2D eigenvalue weighted by atomic mass is 9.91. The molecular weight excluding hydrogens is 248 g/mol. The minimum atomic E-state index is 0.662. The fourth-order valence-corrected chi connectivity index (χ4v) is 2.61.